The molecule has 0 heterocycles. The molecule has 27 heavy (non-hydrogen) atoms. The van der Waals surface area contributed by atoms with Gasteiger partial charge in [0.05, 0.1) is 18.9 Å². The molecule has 3 N–H and O–H groups in total. The number of phenols is 1. The highest BCUT2D eigenvalue weighted by Gasteiger charge is 2.07. The number of benzene rings is 2. The van der Waals surface area contributed by atoms with Gasteiger partial charge in [0.1, 0.15) is 5.75 Å². The van der Waals surface area contributed by atoms with Gasteiger partial charge in [-0.15, -0.1) is 0 Å². The van der Waals surface area contributed by atoms with Crippen LogP contribution in [0, 0.1) is 0 Å². The number of aliphatic imine (C=N–C) groups is 1. The highest BCUT2D eigenvalue weighted by molar-refractivity contribution is 5.86. The molecule has 0 radical (unpaired) electrons. The van der Waals surface area contributed by atoms with Gasteiger partial charge in [0.2, 0.25) is 0 Å². The van der Waals surface area contributed by atoms with E-state index in [4.69, 9.17) is 10.2 Å². The van der Waals surface area contributed by atoms with Crippen molar-refractivity contribution in [1.29, 1.82) is 0 Å². The Hall–Kier alpha value is -2.57. The molecule has 2 aromatic carbocycles. The van der Waals surface area contributed by atoms with Crippen molar-refractivity contribution in [2.24, 2.45) is 4.99 Å². The predicted molar refractivity (Wildman–Crippen MR) is 112 cm³/mol. The first-order valence-electron chi connectivity index (χ1n) is 9.31. The number of hydrogen-bond acceptors (Lipinski definition) is 6. The van der Waals surface area contributed by atoms with Crippen LogP contribution < -0.4 is 9.80 Å². The predicted octanol–water partition coefficient (Wildman–Crippen LogP) is 2.78. The van der Waals surface area contributed by atoms with Crippen molar-refractivity contribution in [2.75, 3.05) is 49.2 Å². The van der Waals surface area contributed by atoms with Gasteiger partial charge in [-0.3, -0.25) is 4.99 Å². The molecule has 0 aliphatic rings. The summed E-state index contributed by atoms with van der Waals surface area (Å²) < 4.78 is 0. The highest BCUT2D eigenvalue weighted by atomic mass is 16.3. The average Bonchev–Trinajstić information content (AvgIpc) is 2.68. The molecule has 0 bridgehead atoms. The minimum atomic E-state index is 0.0304. The van der Waals surface area contributed by atoms with Gasteiger partial charge in [-0.25, -0.2) is 0 Å². The summed E-state index contributed by atoms with van der Waals surface area (Å²) in [5.74, 6) is 0.205. The van der Waals surface area contributed by atoms with Gasteiger partial charge in [0.15, 0.2) is 0 Å². The number of nitrogens with zero attached hydrogens (tertiary/aromatic N) is 3. The van der Waals surface area contributed by atoms with Gasteiger partial charge >= 0.3 is 0 Å². The van der Waals surface area contributed by atoms with Crippen LogP contribution in [0.4, 0.5) is 17.1 Å². The maximum absolute atomic E-state index is 10.3. The lowest BCUT2D eigenvalue weighted by molar-refractivity contribution is 0.281. The maximum atomic E-state index is 10.3. The summed E-state index contributed by atoms with van der Waals surface area (Å²) >= 11 is 0. The van der Waals surface area contributed by atoms with Crippen LogP contribution in [0.3, 0.4) is 0 Å². The van der Waals surface area contributed by atoms with E-state index in [-0.39, 0.29) is 19.0 Å². The third-order valence-electron chi connectivity index (χ3n) is 4.45. The van der Waals surface area contributed by atoms with Crippen LogP contribution in [0.15, 0.2) is 47.5 Å². The molecule has 0 aliphatic heterocycles. The number of aliphatic hydroxyl groups excluding tert-OH is 2. The smallest absolute Gasteiger partial charge is 0.126 e. The second-order valence-corrected chi connectivity index (χ2v) is 6.12. The Morgan fingerprint density at radius 2 is 1.44 bits per heavy atom. The molecule has 0 aliphatic carbocycles. The first kappa shape index (κ1) is 20.7. The van der Waals surface area contributed by atoms with E-state index in [9.17, 15) is 5.11 Å². The standard InChI is InChI=1S/C21H29N3O3/c1-3-23(4-2)20-8-5-17(21(27)15-20)16-22-18-6-9-19(10-7-18)24(11-13-25)12-14-26/h5-10,15-16,25-27H,3-4,11-14H2,1-2H3. The molecular weight excluding hydrogens is 342 g/mol. The van der Waals surface area contributed by atoms with Gasteiger partial charge < -0.3 is 25.1 Å². The van der Waals surface area contributed by atoms with E-state index in [0.717, 1.165) is 30.2 Å². The SMILES string of the molecule is CCN(CC)c1ccc(C=Nc2ccc(N(CCO)CCO)cc2)c(O)c1. The molecule has 0 aromatic heterocycles. The second-order valence-electron chi connectivity index (χ2n) is 6.12. The molecule has 2 rings (SSSR count). The number of rotatable bonds is 10. The first-order valence-corrected chi connectivity index (χ1v) is 9.31. The fourth-order valence-electron chi connectivity index (χ4n) is 2.93. The second kappa shape index (κ2) is 10.5. The van der Waals surface area contributed by atoms with Crippen molar-refractivity contribution in [3.8, 4) is 5.75 Å². The van der Waals surface area contributed by atoms with Crippen LogP contribution >= 0.6 is 0 Å². The molecular formula is C21H29N3O3. The van der Waals surface area contributed by atoms with Gasteiger partial charge in [-0.05, 0) is 50.2 Å². The summed E-state index contributed by atoms with van der Waals surface area (Å²) in [7, 11) is 0. The zero-order valence-electron chi connectivity index (χ0n) is 16.0. The first-order chi connectivity index (χ1) is 13.1. The molecule has 0 fully saturated rings. The van der Waals surface area contributed by atoms with Crippen LogP contribution in [-0.4, -0.2) is 60.9 Å². The van der Waals surface area contributed by atoms with Crippen LogP contribution in [-0.2, 0) is 0 Å². The largest absolute Gasteiger partial charge is 0.507 e. The third kappa shape index (κ3) is 5.70. The summed E-state index contributed by atoms with van der Waals surface area (Å²) in [6.07, 6.45) is 1.65. The van der Waals surface area contributed by atoms with Crippen molar-refractivity contribution in [2.45, 2.75) is 13.8 Å². The molecule has 0 unspecified atom stereocenters. The minimum Gasteiger partial charge on any atom is -0.507 e. The lowest BCUT2D eigenvalue weighted by atomic mass is 10.1. The van der Waals surface area contributed by atoms with Crippen molar-refractivity contribution in [3.05, 3.63) is 48.0 Å². The zero-order chi connectivity index (χ0) is 19.6. The molecule has 6 heteroatoms. The van der Waals surface area contributed by atoms with Crippen molar-refractivity contribution in [3.63, 3.8) is 0 Å². The molecule has 0 saturated carbocycles. The Balaban J connectivity index is 2.11. The van der Waals surface area contributed by atoms with Crippen molar-refractivity contribution < 1.29 is 15.3 Å². The minimum absolute atomic E-state index is 0.0304. The average molecular weight is 371 g/mol. The lowest BCUT2D eigenvalue weighted by Gasteiger charge is -2.22. The summed E-state index contributed by atoms with van der Waals surface area (Å²) in [5, 5.41) is 28.5. The molecule has 2 aromatic rings. The van der Waals surface area contributed by atoms with Crippen LogP contribution in [0.2, 0.25) is 0 Å². The van der Waals surface area contributed by atoms with E-state index in [1.165, 1.54) is 0 Å². The third-order valence-corrected chi connectivity index (χ3v) is 4.45. The maximum Gasteiger partial charge on any atom is 0.126 e. The fourth-order valence-corrected chi connectivity index (χ4v) is 2.93. The molecule has 146 valence electrons. The molecule has 0 spiro atoms. The number of aliphatic hydroxyl groups is 2. The number of phenolic OH excluding ortho intramolecular Hbond substituents is 1. The molecule has 6 nitrogen and oxygen atoms in total. The molecule has 0 saturated heterocycles. The van der Waals surface area contributed by atoms with E-state index >= 15 is 0 Å². The lowest BCUT2D eigenvalue weighted by Crippen LogP contribution is -2.29. The van der Waals surface area contributed by atoms with Gasteiger partial charge in [-0.1, -0.05) is 0 Å². The Kier molecular flexibility index (Phi) is 8.10. The van der Waals surface area contributed by atoms with Gasteiger partial charge in [0, 0.05) is 55.4 Å². The summed E-state index contributed by atoms with van der Waals surface area (Å²) in [5.41, 5.74) is 3.34. The monoisotopic (exact) mass is 371 g/mol. The van der Waals surface area contributed by atoms with Crippen LogP contribution in [0.1, 0.15) is 19.4 Å². The summed E-state index contributed by atoms with van der Waals surface area (Å²) in [6, 6.07) is 13.2. The Bertz CT molecular complexity index is 722. The Labute approximate surface area is 161 Å². The van der Waals surface area contributed by atoms with Crippen LogP contribution in [0.25, 0.3) is 0 Å². The van der Waals surface area contributed by atoms with E-state index in [2.05, 4.69) is 23.7 Å². The number of anilines is 2. The Morgan fingerprint density at radius 1 is 0.852 bits per heavy atom. The number of hydrogen-bond donors (Lipinski definition) is 3. The van der Waals surface area contributed by atoms with Crippen molar-refractivity contribution in [1.82, 2.24) is 0 Å². The summed E-state index contributed by atoms with van der Waals surface area (Å²) in [6.45, 7) is 6.94. The summed E-state index contributed by atoms with van der Waals surface area (Å²) in [4.78, 5) is 8.51. The van der Waals surface area contributed by atoms with Gasteiger partial charge in [-0.2, -0.15) is 0 Å². The quantitative estimate of drug-likeness (QED) is 0.560. The van der Waals surface area contributed by atoms with E-state index < -0.39 is 0 Å². The van der Waals surface area contributed by atoms with Crippen LogP contribution in [0.5, 0.6) is 5.75 Å². The van der Waals surface area contributed by atoms with Gasteiger partial charge in [0.25, 0.3) is 0 Å². The van der Waals surface area contributed by atoms with E-state index in [1.807, 2.05) is 41.3 Å². The fraction of sp³-hybridized carbons (Fsp3) is 0.381. The number of aromatic hydroxyl groups is 1. The highest BCUT2D eigenvalue weighted by Crippen LogP contribution is 2.25. The zero-order valence-corrected chi connectivity index (χ0v) is 16.0. The van der Waals surface area contributed by atoms with E-state index in [0.29, 0.717) is 18.7 Å². The molecule has 0 atom stereocenters. The Morgan fingerprint density at radius 3 is 1.96 bits per heavy atom. The topological polar surface area (TPSA) is 79.5 Å². The molecule has 0 amide bonds. The van der Waals surface area contributed by atoms with Crippen molar-refractivity contribution >= 4 is 23.3 Å². The van der Waals surface area contributed by atoms with E-state index in [1.54, 1.807) is 12.3 Å². The normalized spacial score (nSPS) is 11.1.